The van der Waals surface area contributed by atoms with Crippen molar-refractivity contribution in [1.29, 1.82) is 0 Å². The van der Waals surface area contributed by atoms with E-state index in [0.717, 1.165) is 5.56 Å². The number of methoxy groups -OCH3 is 1. The Hall–Kier alpha value is -2.85. The molecule has 0 aliphatic carbocycles. The average molecular weight is 439 g/mol. The fraction of sp³-hybridized carbons (Fsp3) is 0.250. The first-order valence-electron chi connectivity index (χ1n) is 8.94. The Balaban J connectivity index is 2.29. The summed E-state index contributed by atoms with van der Waals surface area (Å²) in [5.74, 6) is 0.608. The summed E-state index contributed by atoms with van der Waals surface area (Å²) in [6.07, 6.45) is -4.54. The number of aromatic nitrogens is 2. The van der Waals surface area contributed by atoms with Crippen LogP contribution in [-0.2, 0) is 22.6 Å². The van der Waals surface area contributed by atoms with E-state index in [2.05, 4.69) is 5.10 Å². The van der Waals surface area contributed by atoms with Crippen molar-refractivity contribution >= 4 is 10.0 Å². The molecule has 6 nitrogen and oxygen atoms in total. The molecule has 0 amide bonds. The van der Waals surface area contributed by atoms with E-state index >= 15 is 0 Å². The maximum absolute atomic E-state index is 13.7. The van der Waals surface area contributed by atoms with Crippen LogP contribution in [0.2, 0.25) is 0 Å². The van der Waals surface area contributed by atoms with Gasteiger partial charge in [0.1, 0.15) is 5.75 Å². The minimum Gasteiger partial charge on any atom is -0.496 e. The second kappa shape index (κ2) is 7.77. The van der Waals surface area contributed by atoms with Crippen LogP contribution in [0.1, 0.15) is 23.7 Å². The second-order valence-corrected chi connectivity index (χ2v) is 8.22. The van der Waals surface area contributed by atoms with Gasteiger partial charge >= 0.3 is 6.18 Å². The molecule has 0 aliphatic rings. The third kappa shape index (κ3) is 4.05. The molecule has 0 saturated carbocycles. The van der Waals surface area contributed by atoms with Crippen LogP contribution in [0.15, 0.2) is 47.4 Å². The highest BCUT2D eigenvalue weighted by molar-refractivity contribution is 7.89. The van der Waals surface area contributed by atoms with Crippen LogP contribution in [0.4, 0.5) is 13.2 Å². The van der Waals surface area contributed by atoms with Gasteiger partial charge in [0, 0.05) is 11.1 Å². The number of halogens is 3. The fourth-order valence-corrected chi connectivity index (χ4v) is 3.81. The van der Waals surface area contributed by atoms with Crippen LogP contribution in [0.5, 0.6) is 5.75 Å². The molecule has 0 saturated heterocycles. The monoisotopic (exact) mass is 439 g/mol. The van der Waals surface area contributed by atoms with E-state index in [1.54, 1.807) is 32.0 Å². The Labute approximate surface area is 172 Å². The van der Waals surface area contributed by atoms with Gasteiger partial charge in [-0.15, -0.1) is 0 Å². The number of primary sulfonamides is 1. The quantitative estimate of drug-likeness (QED) is 0.649. The number of hydrogen-bond acceptors (Lipinski definition) is 4. The van der Waals surface area contributed by atoms with Crippen molar-refractivity contribution in [3.63, 3.8) is 0 Å². The maximum Gasteiger partial charge on any atom is 0.435 e. The maximum atomic E-state index is 13.7. The lowest BCUT2D eigenvalue weighted by Gasteiger charge is -2.12. The van der Waals surface area contributed by atoms with E-state index in [0.29, 0.717) is 11.3 Å². The van der Waals surface area contributed by atoms with E-state index in [1.165, 1.54) is 36.1 Å². The Morgan fingerprint density at radius 1 is 1.13 bits per heavy atom. The molecule has 0 fully saturated rings. The third-order valence-electron chi connectivity index (χ3n) is 4.68. The van der Waals surface area contributed by atoms with Crippen molar-refractivity contribution in [2.24, 2.45) is 5.14 Å². The van der Waals surface area contributed by atoms with Crippen molar-refractivity contribution in [3.05, 3.63) is 59.3 Å². The lowest BCUT2D eigenvalue weighted by atomic mass is 10.0. The van der Waals surface area contributed by atoms with Gasteiger partial charge in [-0.05, 0) is 61.4 Å². The van der Waals surface area contributed by atoms with E-state index in [9.17, 15) is 21.6 Å². The zero-order chi connectivity index (χ0) is 22.3. The summed E-state index contributed by atoms with van der Waals surface area (Å²) in [5, 5.41) is 8.95. The fourth-order valence-electron chi connectivity index (χ4n) is 3.30. The first-order chi connectivity index (χ1) is 14.0. The largest absolute Gasteiger partial charge is 0.496 e. The molecule has 3 rings (SSSR count). The number of benzene rings is 2. The number of nitrogens with zero attached hydrogens (tertiary/aromatic N) is 2. The molecular formula is C20H20F3N3O3S. The summed E-state index contributed by atoms with van der Waals surface area (Å²) in [7, 11) is -2.42. The number of aryl methyl sites for hydroxylation is 1. The molecule has 0 atom stereocenters. The molecule has 160 valence electrons. The van der Waals surface area contributed by atoms with E-state index < -0.39 is 21.9 Å². The minimum atomic E-state index is -4.65. The van der Waals surface area contributed by atoms with Gasteiger partial charge in [0.15, 0.2) is 5.69 Å². The molecule has 30 heavy (non-hydrogen) atoms. The van der Waals surface area contributed by atoms with Crippen molar-refractivity contribution in [1.82, 2.24) is 9.78 Å². The second-order valence-electron chi connectivity index (χ2n) is 6.66. The Kier molecular flexibility index (Phi) is 5.66. The first-order valence-corrected chi connectivity index (χ1v) is 10.5. The lowest BCUT2D eigenvalue weighted by molar-refractivity contribution is -0.141. The Bertz CT molecular complexity index is 1180. The molecule has 0 unspecified atom stereocenters. The number of rotatable bonds is 5. The van der Waals surface area contributed by atoms with Gasteiger partial charge in [0.25, 0.3) is 0 Å². The van der Waals surface area contributed by atoms with Gasteiger partial charge in [-0.2, -0.15) is 18.3 Å². The van der Waals surface area contributed by atoms with Crippen LogP contribution in [0.3, 0.4) is 0 Å². The predicted octanol–water partition coefficient (Wildman–Crippen LogP) is 4.08. The summed E-state index contributed by atoms with van der Waals surface area (Å²) in [4.78, 5) is -0.146. The topological polar surface area (TPSA) is 87.2 Å². The van der Waals surface area contributed by atoms with Crippen molar-refractivity contribution in [2.45, 2.75) is 31.3 Å². The number of alkyl halides is 3. The zero-order valence-electron chi connectivity index (χ0n) is 16.5. The summed E-state index contributed by atoms with van der Waals surface area (Å²) in [6.45, 7) is 3.42. The molecule has 2 N–H and O–H groups in total. The molecule has 0 bridgehead atoms. The summed E-state index contributed by atoms with van der Waals surface area (Å²) in [6, 6.07) is 10.3. The number of ether oxygens (including phenoxy) is 1. The number of nitrogens with two attached hydrogens (primary N) is 1. The van der Waals surface area contributed by atoms with Crippen LogP contribution < -0.4 is 9.88 Å². The minimum absolute atomic E-state index is 0.0441. The van der Waals surface area contributed by atoms with Gasteiger partial charge in [0.2, 0.25) is 10.0 Å². The van der Waals surface area contributed by atoms with Crippen molar-refractivity contribution in [3.8, 4) is 22.7 Å². The predicted molar refractivity (Wildman–Crippen MR) is 106 cm³/mol. The SMILES string of the molecule is CCc1c(C(F)(F)F)nn(-c2ccc(S(N)(=O)=O)cc2)c1-c1ccc(OC)c(C)c1. The van der Waals surface area contributed by atoms with Crippen LogP contribution >= 0.6 is 0 Å². The highest BCUT2D eigenvalue weighted by atomic mass is 32.2. The molecule has 3 aromatic rings. The molecule has 2 aromatic carbocycles. The average Bonchev–Trinajstić information content (AvgIpc) is 3.07. The summed E-state index contributed by atoms with van der Waals surface area (Å²) in [5.41, 5.74) is 0.896. The Morgan fingerprint density at radius 3 is 2.23 bits per heavy atom. The molecule has 0 spiro atoms. The van der Waals surface area contributed by atoms with Gasteiger partial charge in [-0.25, -0.2) is 18.2 Å². The molecule has 1 heterocycles. The van der Waals surface area contributed by atoms with Gasteiger partial charge in [-0.3, -0.25) is 0 Å². The van der Waals surface area contributed by atoms with Gasteiger partial charge in [0.05, 0.1) is 23.4 Å². The Morgan fingerprint density at radius 2 is 1.77 bits per heavy atom. The van der Waals surface area contributed by atoms with Crippen LogP contribution in [0, 0.1) is 6.92 Å². The first kappa shape index (κ1) is 21.8. The summed E-state index contributed by atoms with van der Waals surface area (Å²) >= 11 is 0. The van der Waals surface area contributed by atoms with Crippen LogP contribution in [-0.4, -0.2) is 25.3 Å². The van der Waals surface area contributed by atoms with E-state index in [-0.39, 0.29) is 28.3 Å². The molecule has 10 heteroatoms. The van der Waals surface area contributed by atoms with Crippen LogP contribution in [0.25, 0.3) is 16.9 Å². The summed E-state index contributed by atoms with van der Waals surface area (Å²) < 4.78 is 70.5. The molecule has 0 aliphatic heterocycles. The molecule has 0 radical (unpaired) electrons. The highest BCUT2D eigenvalue weighted by Gasteiger charge is 2.39. The number of sulfonamides is 1. The van der Waals surface area contributed by atoms with Crippen molar-refractivity contribution < 1.29 is 26.3 Å². The molecular weight excluding hydrogens is 419 g/mol. The third-order valence-corrected chi connectivity index (χ3v) is 5.61. The van der Waals surface area contributed by atoms with E-state index in [1.807, 2.05) is 0 Å². The lowest BCUT2D eigenvalue weighted by Crippen LogP contribution is -2.12. The normalized spacial score (nSPS) is 12.2. The van der Waals surface area contributed by atoms with Crippen molar-refractivity contribution in [2.75, 3.05) is 7.11 Å². The standard InChI is InChI=1S/C20H20F3N3O3S/c1-4-16-18(13-5-10-17(29-3)12(2)11-13)26(25-19(16)20(21,22)23)14-6-8-15(9-7-14)30(24,27)28/h5-11H,4H2,1-3H3,(H2,24,27,28). The highest BCUT2D eigenvalue weighted by Crippen LogP contribution is 2.39. The van der Waals surface area contributed by atoms with E-state index in [4.69, 9.17) is 9.88 Å². The smallest absolute Gasteiger partial charge is 0.435 e. The van der Waals surface area contributed by atoms with Gasteiger partial charge in [-0.1, -0.05) is 6.92 Å². The molecule has 1 aromatic heterocycles. The zero-order valence-corrected chi connectivity index (χ0v) is 17.3. The number of hydrogen-bond donors (Lipinski definition) is 1. The van der Waals surface area contributed by atoms with Gasteiger partial charge < -0.3 is 4.74 Å².